The van der Waals surface area contributed by atoms with E-state index in [4.69, 9.17) is 11.6 Å². The van der Waals surface area contributed by atoms with Gasteiger partial charge in [-0.1, -0.05) is 12.1 Å². The van der Waals surface area contributed by atoms with Crippen LogP contribution in [0.4, 0.5) is 0 Å². The summed E-state index contributed by atoms with van der Waals surface area (Å²) in [5.41, 5.74) is 4.01. The van der Waals surface area contributed by atoms with E-state index in [0.717, 1.165) is 28.2 Å². The molecule has 0 unspecified atom stereocenters. The summed E-state index contributed by atoms with van der Waals surface area (Å²) in [6, 6.07) is 8.02. The summed E-state index contributed by atoms with van der Waals surface area (Å²) in [5.74, 6) is 1.22. The minimum absolute atomic E-state index is 0.378. The Hall–Kier alpha value is -1.81. The standard InChI is InChI=1S/C13H13ClN4/c1-9-12(8-17(2)16-9)18-11-6-4-3-5-10(11)15-13(18)7-14/h3-6,8H,7H2,1-2H3. The first-order chi connectivity index (χ1) is 8.70. The van der Waals surface area contributed by atoms with Crippen molar-refractivity contribution in [2.45, 2.75) is 12.8 Å². The minimum atomic E-state index is 0.378. The second-order valence-electron chi connectivity index (χ2n) is 4.26. The number of aromatic nitrogens is 4. The van der Waals surface area contributed by atoms with Gasteiger partial charge in [-0.05, 0) is 19.1 Å². The van der Waals surface area contributed by atoms with Crippen LogP contribution in [0.5, 0.6) is 0 Å². The van der Waals surface area contributed by atoms with Crippen molar-refractivity contribution in [1.82, 2.24) is 19.3 Å². The Balaban J connectivity index is 2.36. The molecule has 0 amide bonds. The lowest BCUT2D eigenvalue weighted by Crippen LogP contribution is -1.99. The molecule has 0 radical (unpaired) electrons. The van der Waals surface area contributed by atoms with Crippen LogP contribution in [0, 0.1) is 6.92 Å². The smallest absolute Gasteiger partial charge is 0.129 e. The molecule has 4 nitrogen and oxygen atoms in total. The van der Waals surface area contributed by atoms with E-state index in [2.05, 4.69) is 14.6 Å². The van der Waals surface area contributed by atoms with Gasteiger partial charge in [0.2, 0.25) is 0 Å². The molecule has 0 aliphatic rings. The van der Waals surface area contributed by atoms with Gasteiger partial charge >= 0.3 is 0 Å². The van der Waals surface area contributed by atoms with Gasteiger partial charge < -0.3 is 0 Å². The quantitative estimate of drug-likeness (QED) is 0.664. The predicted octanol–water partition coefficient (Wildman–Crippen LogP) is 2.81. The third-order valence-electron chi connectivity index (χ3n) is 2.98. The molecule has 0 fully saturated rings. The normalized spacial score (nSPS) is 11.3. The maximum Gasteiger partial charge on any atom is 0.129 e. The van der Waals surface area contributed by atoms with E-state index in [0.29, 0.717) is 5.88 Å². The van der Waals surface area contributed by atoms with Crippen molar-refractivity contribution >= 4 is 22.6 Å². The van der Waals surface area contributed by atoms with Gasteiger partial charge in [-0.15, -0.1) is 11.6 Å². The van der Waals surface area contributed by atoms with Crippen LogP contribution in [-0.4, -0.2) is 19.3 Å². The van der Waals surface area contributed by atoms with Crippen molar-refractivity contribution in [1.29, 1.82) is 0 Å². The number of halogens is 1. The molecule has 92 valence electrons. The topological polar surface area (TPSA) is 35.6 Å². The average molecular weight is 261 g/mol. The van der Waals surface area contributed by atoms with E-state index in [1.54, 1.807) is 4.68 Å². The molecule has 0 atom stereocenters. The van der Waals surface area contributed by atoms with Gasteiger partial charge in [-0.25, -0.2) is 4.98 Å². The van der Waals surface area contributed by atoms with Gasteiger partial charge in [0, 0.05) is 13.2 Å². The lowest BCUT2D eigenvalue weighted by atomic mass is 10.3. The van der Waals surface area contributed by atoms with Gasteiger partial charge in [0.05, 0.1) is 28.3 Å². The number of imidazole rings is 1. The zero-order valence-electron chi connectivity index (χ0n) is 10.3. The van der Waals surface area contributed by atoms with Gasteiger partial charge in [0.15, 0.2) is 0 Å². The van der Waals surface area contributed by atoms with Crippen molar-refractivity contribution in [2.75, 3.05) is 0 Å². The fraction of sp³-hybridized carbons (Fsp3) is 0.231. The summed E-state index contributed by atoms with van der Waals surface area (Å²) in [6.45, 7) is 1.99. The molecule has 1 aromatic carbocycles. The molecule has 3 aromatic rings. The summed E-state index contributed by atoms with van der Waals surface area (Å²) in [5, 5.41) is 4.37. The Morgan fingerprint density at radius 1 is 1.28 bits per heavy atom. The second-order valence-corrected chi connectivity index (χ2v) is 4.53. The molecular formula is C13H13ClN4. The van der Waals surface area contributed by atoms with E-state index in [1.165, 1.54) is 0 Å². The fourth-order valence-corrected chi connectivity index (χ4v) is 2.42. The maximum absolute atomic E-state index is 6.00. The number of nitrogens with zero attached hydrogens (tertiary/aromatic N) is 4. The lowest BCUT2D eigenvalue weighted by molar-refractivity contribution is 0.756. The molecule has 0 aliphatic carbocycles. The summed E-state index contributed by atoms with van der Waals surface area (Å²) >= 11 is 6.00. The molecule has 2 aromatic heterocycles. The number of rotatable bonds is 2. The van der Waals surface area contributed by atoms with Crippen molar-refractivity contribution in [2.24, 2.45) is 7.05 Å². The number of benzene rings is 1. The number of hydrogen-bond donors (Lipinski definition) is 0. The zero-order chi connectivity index (χ0) is 12.7. The molecule has 3 rings (SSSR count). The monoisotopic (exact) mass is 260 g/mol. The second kappa shape index (κ2) is 4.14. The van der Waals surface area contributed by atoms with E-state index in [1.807, 2.05) is 44.4 Å². The number of fused-ring (bicyclic) bond motifs is 1. The summed E-state index contributed by atoms with van der Waals surface area (Å²) in [6.07, 6.45) is 1.99. The number of hydrogen-bond acceptors (Lipinski definition) is 2. The summed E-state index contributed by atoms with van der Waals surface area (Å²) < 4.78 is 3.88. The molecule has 0 spiro atoms. The molecule has 0 aliphatic heterocycles. The highest BCUT2D eigenvalue weighted by molar-refractivity contribution is 6.17. The van der Waals surface area contributed by atoms with E-state index < -0.39 is 0 Å². The highest BCUT2D eigenvalue weighted by Gasteiger charge is 2.14. The Morgan fingerprint density at radius 3 is 2.72 bits per heavy atom. The van der Waals surface area contributed by atoms with Crippen molar-refractivity contribution in [3.05, 3.63) is 42.0 Å². The highest BCUT2D eigenvalue weighted by atomic mass is 35.5. The zero-order valence-corrected chi connectivity index (χ0v) is 11.0. The van der Waals surface area contributed by atoms with Crippen LogP contribution in [0.3, 0.4) is 0 Å². The van der Waals surface area contributed by atoms with Crippen molar-refractivity contribution in [3.8, 4) is 5.69 Å². The summed E-state index contributed by atoms with van der Waals surface area (Å²) in [7, 11) is 1.91. The minimum Gasteiger partial charge on any atom is -0.292 e. The molecule has 0 saturated carbocycles. The Kier molecular flexibility index (Phi) is 2.59. The first kappa shape index (κ1) is 11.3. The van der Waals surface area contributed by atoms with E-state index >= 15 is 0 Å². The molecular weight excluding hydrogens is 248 g/mol. The molecule has 0 N–H and O–H groups in total. The number of alkyl halides is 1. The Bertz CT molecular complexity index is 711. The largest absolute Gasteiger partial charge is 0.292 e. The average Bonchev–Trinajstić information content (AvgIpc) is 2.88. The molecule has 0 bridgehead atoms. The first-order valence-electron chi connectivity index (χ1n) is 5.73. The van der Waals surface area contributed by atoms with Crippen LogP contribution < -0.4 is 0 Å². The molecule has 0 saturated heterocycles. The Morgan fingerprint density at radius 2 is 2.06 bits per heavy atom. The maximum atomic E-state index is 6.00. The van der Waals surface area contributed by atoms with Crippen LogP contribution in [0.25, 0.3) is 16.7 Å². The van der Waals surface area contributed by atoms with Gasteiger partial charge in [-0.2, -0.15) is 5.10 Å². The van der Waals surface area contributed by atoms with Crippen LogP contribution in [0.15, 0.2) is 30.5 Å². The van der Waals surface area contributed by atoms with E-state index in [-0.39, 0.29) is 0 Å². The SMILES string of the molecule is Cc1nn(C)cc1-n1c(CCl)nc2ccccc21. The summed E-state index contributed by atoms with van der Waals surface area (Å²) in [4.78, 5) is 4.55. The first-order valence-corrected chi connectivity index (χ1v) is 6.27. The third kappa shape index (κ3) is 1.61. The number of aryl methyl sites for hydroxylation is 2. The third-order valence-corrected chi connectivity index (χ3v) is 3.22. The predicted molar refractivity (Wildman–Crippen MR) is 72.1 cm³/mol. The molecule has 5 heteroatoms. The van der Waals surface area contributed by atoms with Gasteiger partial charge in [0.1, 0.15) is 5.82 Å². The van der Waals surface area contributed by atoms with Crippen LogP contribution in [-0.2, 0) is 12.9 Å². The van der Waals surface area contributed by atoms with Crippen LogP contribution in [0.1, 0.15) is 11.5 Å². The van der Waals surface area contributed by atoms with Crippen LogP contribution >= 0.6 is 11.6 Å². The lowest BCUT2D eigenvalue weighted by Gasteiger charge is -2.05. The molecule has 2 heterocycles. The Labute approximate surface area is 110 Å². The highest BCUT2D eigenvalue weighted by Crippen LogP contribution is 2.23. The van der Waals surface area contributed by atoms with Gasteiger partial charge in [-0.3, -0.25) is 9.25 Å². The van der Waals surface area contributed by atoms with Gasteiger partial charge in [0.25, 0.3) is 0 Å². The fourth-order valence-electron chi connectivity index (χ4n) is 2.24. The molecule has 18 heavy (non-hydrogen) atoms. The van der Waals surface area contributed by atoms with E-state index in [9.17, 15) is 0 Å². The number of para-hydroxylation sites is 2. The van der Waals surface area contributed by atoms with Crippen molar-refractivity contribution in [3.63, 3.8) is 0 Å². The van der Waals surface area contributed by atoms with Crippen molar-refractivity contribution < 1.29 is 0 Å². The van der Waals surface area contributed by atoms with Crippen LogP contribution in [0.2, 0.25) is 0 Å².